The van der Waals surface area contributed by atoms with E-state index in [0.717, 1.165) is 31.9 Å². The van der Waals surface area contributed by atoms with Gasteiger partial charge in [0.05, 0.1) is 13.2 Å². The molecule has 1 aliphatic heterocycles. The van der Waals surface area contributed by atoms with E-state index in [2.05, 4.69) is 20.6 Å². The molecule has 1 saturated heterocycles. The van der Waals surface area contributed by atoms with Gasteiger partial charge in [0, 0.05) is 25.8 Å². The predicted octanol–water partition coefficient (Wildman–Crippen LogP) is -0.487. The van der Waals surface area contributed by atoms with E-state index in [-0.39, 0.29) is 5.84 Å². The average Bonchev–Trinajstić information content (AvgIpc) is 2.45. The van der Waals surface area contributed by atoms with Gasteiger partial charge >= 0.3 is 0 Å². The Morgan fingerprint density at radius 1 is 1.56 bits per heavy atom. The van der Waals surface area contributed by atoms with Gasteiger partial charge in [0.1, 0.15) is 5.69 Å². The van der Waals surface area contributed by atoms with Gasteiger partial charge in [-0.15, -0.1) is 0 Å². The Bertz CT molecular complexity index is 418. The van der Waals surface area contributed by atoms with Crippen molar-refractivity contribution in [2.45, 2.75) is 6.54 Å². The maximum absolute atomic E-state index is 8.71. The van der Waals surface area contributed by atoms with Crippen molar-refractivity contribution < 1.29 is 9.94 Å². The van der Waals surface area contributed by atoms with Gasteiger partial charge in [0.15, 0.2) is 5.84 Å². The Kier molecular flexibility index (Phi) is 4.46. The van der Waals surface area contributed by atoms with E-state index in [1.54, 1.807) is 6.20 Å². The maximum Gasteiger partial charge on any atom is 0.189 e. The molecule has 0 bridgehead atoms. The highest BCUT2D eigenvalue weighted by molar-refractivity contribution is 5.96. The minimum Gasteiger partial charge on any atom is -0.409 e. The molecular formula is C11H17N5O2. The molecule has 7 nitrogen and oxygen atoms in total. The van der Waals surface area contributed by atoms with E-state index in [1.807, 2.05) is 12.1 Å². The fourth-order valence-corrected chi connectivity index (χ4v) is 1.78. The first kappa shape index (κ1) is 12.7. The molecule has 7 heteroatoms. The lowest BCUT2D eigenvalue weighted by Crippen LogP contribution is -2.45. The van der Waals surface area contributed by atoms with Crippen LogP contribution < -0.4 is 11.2 Å². The number of amidine groups is 1. The van der Waals surface area contributed by atoms with Crippen LogP contribution in [0.2, 0.25) is 0 Å². The maximum atomic E-state index is 8.71. The summed E-state index contributed by atoms with van der Waals surface area (Å²) >= 11 is 0. The van der Waals surface area contributed by atoms with E-state index in [4.69, 9.17) is 15.7 Å². The predicted molar refractivity (Wildman–Crippen MR) is 66.0 cm³/mol. The van der Waals surface area contributed by atoms with Gasteiger partial charge in [-0.3, -0.25) is 10.4 Å². The van der Waals surface area contributed by atoms with Gasteiger partial charge in [0.2, 0.25) is 0 Å². The van der Waals surface area contributed by atoms with Crippen LogP contribution in [0.4, 0.5) is 0 Å². The Morgan fingerprint density at radius 2 is 2.33 bits per heavy atom. The number of nitrogens with zero attached hydrogens (tertiary/aromatic N) is 3. The third-order valence-electron chi connectivity index (χ3n) is 2.75. The lowest BCUT2D eigenvalue weighted by Gasteiger charge is -2.27. The van der Waals surface area contributed by atoms with E-state index < -0.39 is 0 Å². The Morgan fingerprint density at radius 3 is 3.06 bits per heavy atom. The van der Waals surface area contributed by atoms with Gasteiger partial charge in [-0.25, -0.2) is 5.01 Å². The molecule has 0 unspecified atom stereocenters. The Hall–Kier alpha value is -1.70. The Labute approximate surface area is 105 Å². The molecule has 18 heavy (non-hydrogen) atoms. The van der Waals surface area contributed by atoms with Crippen LogP contribution in [0.25, 0.3) is 0 Å². The van der Waals surface area contributed by atoms with Crippen molar-refractivity contribution in [1.82, 2.24) is 15.4 Å². The second kappa shape index (κ2) is 6.29. The quantitative estimate of drug-likeness (QED) is 0.289. The monoisotopic (exact) mass is 251 g/mol. The summed E-state index contributed by atoms with van der Waals surface area (Å²) in [4.78, 5) is 4.11. The highest BCUT2D eigenvalue weighted by Gasteiger charge is 2.12. The summed E-state index contributed by atoms with van der Waals surface area (Å²) in [6, 6.07) is 3.72. The number of pyridine rings is 1. The molecule has 98 valence electrons. The van der Waals surface area contributed by atoms with Crippen molar-refractivity contribution in [2.75, 3.05) is 26.3 Å². The number of morpholine rings is 1. The number of nitrogens with one attached hydrogen (secondary N) is 1. The molecule has 1 aromatic heterocycles. The summed E-state index contributed by atoms with van der Waals surface area (Å²) in [5, 5.41) is 13.8. The van der Waals surface area contributed by atoms with Crippen LogP contribution in [-0.2, 0) is 11.3 Å². The van der Waals surface area contributed by atoms with Crippen molar-refractivity contribution in [3.8, 4) is 0 Å². The highest BCUT2D eigenvalue weighted by atomic mass is 16.5. The molecule has 2 rings (SSSR count). The third kappa shape index (κ3) is 3.16. The van der Waals surface area contributed by atoms with Crippen LogP contribution in [0, 0.1) is 0 Å². The largest absolute Gasteiger partial charge is 0.409 e. The summed E-state index contributed by atoms with van der Waals surface area (Å²) in [7, 11) is 0. The standard InChI is InChI=1S/C11H17N5O2/c12-11(15-17)10-9(2-1-3-13-10)8-14-16-4-6-18-7-5-16/h1-3,14,17H,4-8H2,(H2,12,15). The minimum atomic E-state index is 0.0226. The molecular weight excluding hydrogens is 234 g/mol. The molecule has 0 aliphatic carbocycles. The number of hydrogen-bond donors (Lipinski definition) is 3. The molecule has 0 spiro atoms. The van der Waals surface area contributed by atoms with Crippen molar-refractivity contribution in [2.24, 2.45) is 10.9 Å². The zero-order valence-corrected chi connectivity index (χ0v) is 10.0. The van der Waals surface area contributed by atoms with Crippen LogP contribution in [-0.4, -0.2) is 47.3 Å². The first-order valence-corrected chi connectivity index (χ1v) is 5.79. The van der Waals surface area contributed by atoms with Crippen molar-refractivity contribution in [1.29, 1.82) is 0 Å². The molecule has 4 N–H and O–H groups in total. The molecule has 0 radical (unpaired) electrons. The van der Waals surface area contributed by atoms with E-state index >= 15 is 0 Å². The number of rotatable bonds is 4. The van der Waals surface area contributed by atoms with Crippen LogP contribution in [0.1, 0.15) is 11.3 Å². The molecule has 0 saturated carbocycles. The lowest BCUT2D eigenvalue weighted by molar-refractivity contribution is 0.0105. The first-order valence-electron chi connectivity index (χ1n) is 5.79. The molecule has 1 fully saturated rings. The van der Waals surface area contributed by atoms with Gasteiger partial charge < -0.3 is 15.7 Å². The SMILES string of the molecule is N/C(=N/O)c1ncccc1CNN1CCOCC1. The van der Waals surface area contributed by atoms with Gasteiger partial charge in [-0.05, 0) is 11.6 Å². The molecule has 1 aliphatic rings. The summed E-state index contributed by atoms with van der Waals surface area (Å²) < 4.78 is 5.26. The third-order valence-corrected chi connectivity index (χ3v) is 2.75. The van der Waals surface area contributed by atoms with E-state index in [0.29, 0.717) is 12.2 Å². The van der Waals surface area contributed by atoms with Crippen molar-refractivity contribution in [3.63, 3.8) is 0 Å². The smallest absolute Gasteiger partial charge is 0.189 e. The van der Waals surface area contributed by atoms with Crippen molar-refractivity contribution in [3.05, 3.63) is 29.6 Å². The fraction of sp³-hybridized carbons (Fsp3) is 0.455. The normalized spacial score (nSPS) is 17.9. The minimum absolute atomic E-state index is 0.0226. The van der Waals surface area contributed by atoms with Gasteiger partial charge in [-0.1, -0.05) is 11.2 Å². The zero-order chi connectivity index (χ0) is 12.8. The van der Waals surface area contributed by atoms with Gasteiger partial charge in [0.25, 0.3) is 0 Å². The Balaban J connectivity index is 2.00. The second-order valence-corrected chi connectivity index (χ2v) is 3.93. The summed E-state index contributed by atoms with van der Waals surface area (Å²) in [6.45, 7) is 3.73. The number of hydrazine groups is 1. The van der Waals surface area contributed by atoms with Crippen LogP contribution in [0.15, 0.2) is 23.5 Å². The topological polar surface area (TPSA) is 96.0 Å². The number of oxime groups is 1. The molecule has 0 atom stereocenters. The van der Waals surface area contributed by atoms with E-state index in [9.17, 15) is 0 Å². The summed E-state index contributed by atoms with van der Waals surface area (Å²) in [5.41, 5.74) is 10.2. The van der Waals surface area contributed by atoms with E-state index in [1.165, 1.54) is 0 Å². The second-order valence-electron chi connectivity index (χ2n) is 3.93. The highest BCUT2D eigenvalue weighted by Crippen LogP contribution is 2.05. The molecule has 0 amide bonds. The summed E-state index contributed by atoms with van der Waals surface area (Å²) in [6.07, 6.45) is 1.62. The van der Waals surface area contributed by atoms with Crippen LogP contribution >= 0.6 is 0 Å². The first-order chi connectivity index (χ1) is 8.81. The number of ether oxygens (including phenoxy) is 1. The molecule has 2 heterocycles. The summed E-state index contributed by atoms with van der Waals surface area (Å²) in [5.74, 6) is 0.0226. The fourth-order valence-electron chi connectivity index (χ4n) is 1.78. The van der Waals surface area contributed by atoms with Crippen LogP contribution in [0.3, 0.4) is 0 Å². The van der Waals surface area contributed by atoms with Crippen LogP contribution in [0.5, 0.6) is 0 Å². The van der Waals surface area contributed by atoms with Crippen molar-refractivity contribution >= 4 is 5.84 Å². The number of nitrogens with two attached hydrogens (primary N) is 1. The lowest BCUT2D eigenvalue weighted by atomic mass is 10.2. The number of aromatic nitrogens is 1. The molecule has 0 aromatic carbocycles. The molecule has 1 aromatic rings. The number of hydrogen-bond acceptors (Lipinski definition) is 6. The van der Waals surface area contributed by atoms with Gasteiger partial charge in [-0.2, -0.15) is 0 Å². The zero-order valence-electron chi connectivity index (χ0n) is 10.0. The average molecular weight is 251 g/mol.